The van der Waals surface area contributed by atoms with E-state index in [9.17, 15) is 0 Å². The van der Waals surface area contributed by atoms with E-state index in [1.165, 1.54) is 44.1 Å². The van der Waals surface area contributed by atoms with Crippen LogP contribution in [-0.4, -0.2) is 19.1 Å². The molecule has 0 aliphatic heterocycles. The minimum Gasteiger partial charge on any atom is -0.309 e. The average Bonchev–Trinajstić information content (AvgIpc) is 3.87. The van der Waals surface area contributed by atoms with Gasteiger partial charge in [-0.15, -0.1) is 0 Å². The number of para-hydroxylation sites is 2. The molecule has 0 aliphatic carbocycles. The molecule has 3 heterocycles. The molecule has 0 bridgehead atoms. The summed E-state index contributed by atoms with van der Waals surface area (Å²) in [6, 6.07) is 82.3. The van der Waals surface area contributed by atoms with Crippen molar-refractivity contribution in [2.45, 2.75) is 0 Å². The van der Waals surface area contributed by atoms with Gasteiger partial charge < -0.3 is 4.57 Å². The molecule has 0 spiro atoms. The van der Waals surface area contributed by atoms with Crippen molar-refractivity contribution in [3.8, 4) is 67.5 Å². The largest absolute Gasteiger partial charge is 0.309 e. The zero-order valence-electron chi connectivity index (χ0n) is 33.7. The van der Waals surface area contributed by atoms with Gasteiger partial charge in [0.1, 0.15) is 0 Å². The summed E-state index contributed by atoms with van der Waals surface area (Å²) in [5, 5.41) is 4.75. The summed E-state index contributed by atoms with van der Waals surface area (Å²) in [6.07, 6.45) is 0. The fourth-order valence-electron chi connectivity index (χ4n) is 9.18. The lowest BCUT2D eigenvalue weighted by atomic mass is 9.98. The Morgan fingerprint density at radius 3 is 1.11 bits per heavy atom. The Hall–Kier alpha value is -8.34. The highest BCUT2D eigenvalue weighted by molar-refractivity contribution is 6.12. The number of fused-ring (bicyclic) bond motifs is 6. The second kappa shape index (κ2) is 14.7. The van der Waals surface area contributed by atoms with E-state index in [2.05, 4.69) is 228 Å². The standard InChI is InChI=1S/C58H38N4/c1-5-17-39(18-6-1)45-33-46(40-19-7-2-8-20-40)35-47(34-45)61-54-27-15-13-25-48(54)50-36-43(29-31-56(50)61)44-30-32-57-51(37-44)49-26-14-16-28-55(49)62(57)58-59-52(41-21-9-3-10-22-41)38-53(60-58)42-23-11-4-12-24-42/h1-38H. The lowest BCUT2D eigenvalue weighted by molar-refractivity contribution is 0.995. The summed E-state index contributed by atoms with van der Waals surface area (Å²) < 4.78 is 4.65. The molecule has 4 nitrogen and oxygen atoms in total. The quantitative estimate of drug-likeness (QED) is 0.161. The smallest absolute Gasteiger partial charge is 0.235 e. The first-order valence-corrected chi connectivity index (χ1v) is 21.1. The van der Waals surface area contributed by atoms with Gasteiger partial charge in [0.25, 0.3) is 0 Å². The summed E-state index contributed by atoms with van der Waals surface area (Å²) in [5.41, 5.74) is 16.5. The van der Waals surface area contributed by atoms with Crippen molar-refractivity contribution >= 4 is 43.6 Å². The van der Waals surface area contributed by atoms with E-state index in [-0.39, 0.29) is 0 Å². The molecule has 12 aromatic rings. The molecule has 3 aromatic heterocycles. The SMILES string of the molecule is c1ccc(-c2cc(-c3ccccc3)cc(-n3c4ccccc4c4cc(-c5ccc6c(c5)c5ccccc5n6-c5nc(-c6ccccc6)cc(-c6ccccc6)n5)ccc43)c2)cc1. The normalized spacial score (nSPS) is 11.5. The minimum absolute atomic E-state index is 0.644. The molecule has 4 heteroatoms. The summed E-state index contributed by atoms with van der Waals surface area (Å²) in [4.78, 5) is 10.5. The molecule has 0 unspecified atom stereocenters. The first-order valence-electron chi connectivity index (χ1n) is 21.1. The molecule has 12 rings (SSSR count). The van der Waals surface area contributed by atoms with Gasteiger partial charge in [-0.2, -0.15) is 0 Å². The third-order valence-corrected chi connectivity index (χ3v) is 12.1. The van der Waals surface area contributed by atoms with E-state index in [0.717, 1.165) is 61.1 Å². The van der Waals surface area contributed by atoms with Crippen LogP contribution in [0, 0.1) is 0 Å². The predicted octanol–water partition coefficient (Wildman–Crippen LogP) is 15.0. The van der Waals surface area contributed by atoms with Gasteiger partial charge in [0.2, 0.25) is 5.95 Å². The van der Waals surface area contributed by atoms with E-state index in [0.29, 0.717) is 5.95 Å². The van der Waals surface area contributed by atoms with Crippen molar-refractivity contribution in [2.24, 2.45) is 0 Å². The van der Waals surface area contributed by atoms with Crippen LogP contribution in [0.15, 0.2) is 231 Å². The third kappa shape index (κ3) is 6.08. The Balaban J connectivity index is 1.02. The van der Waals surface area contributed by atoms with Gasteiger partial charge >= 0.3 is 0 Å². The van der Waals surface area contributed by atoms with E-state index in [1.54, 1.807) is 0 Å². The van der Waals surface area contributed by atoms with Crippen LogP contribution in [-0.2, 0) is 0 Å². The molecular formula is C58H38N4. The monoisotopic (exact) mass is 790 g/mol. The molecule has 0 saturated heterocycles. The fourth-order valence-corrected chi connectivity index (χ4v) is 9.18. The van der Waals surface area contributed by atoms with Crippen molar-refractivity contribution in [3.05, 3.63) is 231 Å². The Morgan fingerprint density at radius 1 is 0.242 bits per heavy atom. The number of aromatic nitrogens is 4. The van der Waals surface area contributed by atoms with Gasteiger partial charge in [-0.05, 0) is 94.0 Å². The number of hydrogen-bond acceptors (Lipinski definition) is 2. The van der Waals surface area contributed by atoms with E-state index >= 15 is 0 Å². The van der Waals surface area contributed by atoms with E-state index in [1.807, 2.05) is 12.1 Å². The van der Waals surface area contributed by atoms with E-state index < -0.39 is 0 Å². The Kier molecular flexibility index (Phi) is 8.46. The van der Waals surface area contributed by atoms with Gasteiger partial charge in [0.15, 0.2) is 0 Å². The zero-order valence-corrected chi connectivity index (χ0v) is 33.7. The third-order valence-electron chi connectivity index (χ3n) is 12.1. The van der Waals surface area contributed by atoms with Crippen LogP contribution in [0.3, 0.4) is 0 Å². The molecule has 290 valence electrons. The summed E-state index contributed by atoms with van der Waals surface area (Å²) in [7, 11) is 0. The van der Waals surface area contributed by atoms with Crippen molar-refractivity contribution in [2.75, 3.05) is 0 Å². The molecule has 9 aromatic carbocycles. The lowest BCUT2D eigenvalue weighted by Crippen LogP contribution is -2.03. The van der Waals surface area contributed by atoms with Crippen LogP contribution in [0.5, 0.6) is 0 Å². The summed E-state index contributed by atoms with van der Waals surface area (Å²) in [5.74, 6) is 0.644. The van der Waals surface area contributed by atoms with Gasteiger partial charge in [-0.3, -0.25) is 4.57 Å². The Morgan fingerprint density at radius 2 is 0.629 bits per heavy atom. The highest BCUT2D eigenvalue weighted by Crippen LogP contribution is 2.40. The predicted molar refractivity (Wildman–Crippen MR) is 258 cm³/mol. The first kappa shape index (κ1) is 35.6. The molecule has 62 heavy (non-hydrogen) atoms. The average molecular weight is 791 g/mol. The van der Waals surface area contributed by atoms with Gasteiger partial charge in [-0.1, -0.05) is 170 Å². The first-order chi connectivity index (χ1) is 30.7. The second-order valence-corrected chi connectivity index (χ2v) is 15.8. The Bertz CT molecular complexity index is 3250. The molecular weight excluding hydrogens is 753 g/mol. The minimum atomic E-state index is 0.644. The van der Waals surface area contributed by atoms with Crippen LogP contribution >= 0.6 is 0 Å². The van der Waals surface area contributed by atoms with Gasteiger partial charge in [0.05, 0.1) is 33.5 Å². The summed E-state index contributed by atoms with van der Waals surface area (Å²) >= 11 is 0. The highest BCUT2D eigenvalue weighted by Gasteiger charge is 2.19. The van der Waals surface area contributed by atoms with Crippen LogP contribution < -0.4 is 0 Å². The van der Waals surface area contributed by atoms with Gasteiger partial charge in [0, 0.05) is 38.4 Å². The topological polar surface area (TPSA) is 35.6 Å². The highest BCUT2D eigenvalue weighted by atomic mass is 15.2. The molecule has 0 N–H and O–H groups in total. The van der Waals surface area contributed by atoms with Crippen molar-refractivity contribution in [3.63, 3.8) is 0 Å². The molecule has 0 amide bonds. The van der Waals surface area contributed by atoms with Crippen molar-refractivity contribution in [1.29, 1.82) is 0 Å². The van der Waals surface area contributed by atoms with Crippen molar-refractivity contribution < 1.29 is 0 Å². The maximum absolute atomic E-state index is 5.24. The number of rotatable bonds is 7. The van der Waals surface area contributed by atoms with Crippen LogP contribution in [0.1, 0.15) is 0 Å². The van der Waals surface area contributed by atoms with Crippen molar-refractivity contribution in [1.82, 2.24) is 19.1 Å². The van der Waals surface area contributed by atoms with Crippen LogP contribution in [0.25, 0.3) is 111 Å². The van der Waals surface area contributed by atoms with Crippen LogP contribution in [0.4, 0.5) is 0 Å². The van der Waals surface area contributed by atoms with Gasteiger partial charge in [-0.25, -0.2) is 9.97 Å². The number of nitrogens with zero attached hydrogens (tertiary/aromatic N) is 4. The molecule has 0 saturated carbocycles. The number of hydrogen-bond donors (Lipinski definition) is 0. The maximum atomic E-state index is 5.24. The Labute approximate surface area is 359 Å². The second-order valence-electron chi connectivity index (χ2n) is 15.8. The fraction of sp³-hybridized carbons (Fsp3) is 0. The lowest BCUT2D eigenvalue weighted by Gasteiger charge is -2.14. The summed E-state index contributed by atoms with van der Waals surface area (Å²) in [6.45, 7) is 0. The zero-order chi connectivity index (χ0) is 41.0. The van der Waals surface area contributed by atoms with Crippen LogP contribution in [0.2, 0.25) is 0 Å². The molecule has 0 radical (unpaired) electrons. The van der Waals surface area contributed by atoms with E-state index in [4.69, 9.17) is 9.97 Å². The molecule has 0 aliphatic rings. The molecule has 0 fully saturated rings. The number of benzene rings is 9. The maximum Gasteiger partial charge on any atom is 0.235 e. The molecule has 0 atom stereocenters.